The van der Waals surface area contributed by atoms with Gasteiger partial charge in [-0.05, 0) is 19.8 Å². The molecule has 1 aromatic rings. The molecule has 0 saturated carbocycles. The van der Waals surface area contributed by atoms with E-state index in [0.29, 0.717) is 43.2 Å². The maximum Gasteiger partial charge on any atom is 0.225 e. The van der Waals surface area contributed by atoms with Gasteiger partial charge < -0.3 is 4.90 Å². The standard InChI is InChI=1S/C14H23ClN4O3S/c1-4-18-9-12(15)13(16-18)10-17(2)14(20)11-5-7-19(8-6-11)23(3,21)22/h9,11H,4-8,10H2,1-3H3. The Morgan fingerprint density at radius 1 is 1.43 bits per heavy atom. The van der Waals surface area contributed by atoms with Crippen LogP contribution in [0.5, 0.6) is 0 Å². The van der Waals surface area contributed by atoms with E-state index >= 15 is 0 Å². The number of aromatic nitrogens is 2. The van der Waals surface area contributed by atoms with Crippen LogP contribution in [-0.2, 0) is 27.9 Å². The van der Waals surface area contributed by atoms with Gasteiger partial charge in [-0.15, -0.1) is 0 Å². The Morgan fingerprint density at radius 3 is 2.52 bits per heavy atom. The summed E-state index contributed by atoms with van der Waals surface area (Å²) < 4.78 is 26.2. The third kappa shape index (κ3) is 4.45. The van der Waals surface area contributed by atoms with Crippen molar-refractivity contribution in [1.29, 1.82) is 0 Å². The normalized spacial score (nSPS) is 17.4. The summed E-state index contributed by atoms with van der Waals surface area (Å²) in [5.41, 5.74) is 0.679. The van der Waals surface area contributed by atoms with Crippen LogP contribution in [0, 0.1) is 5.92 Å². The van der Waals surface area contributed by atoms with Crippen LogP contribution < -0.4 is 0 Å². The second-order valence-electron chi connectivity index (χ2n) is 5.91. The van der Waals surface area contributed by atoms with Crippen molar-refractivity contribution in [3.05, 3.63) is 16.9 Å². The third-order valence-electron chi connectivity index (χ3n) is 4.15. The summed E-state index contributed by atoms with van der Waals surface area (Å²) >= 11 is 6.13. The van der Waals surface area contributed by atoms with E-state index in [-0.39, 0.29) is 11.8 Å². The lowest BCUT2D eigenvalue weighted by molar-refractivity contribution is -0.136. The fourth-order valence-electron chi connectivity index (χ4n) is 2.75. The summed E-state index contributed by atoms with van der Waals surface area (Å²) in [5, 5.41) is 4.90. The molecule has 0 unspecified atom stereocenters. The molecular formula is C14H23ClN4O3S. The Morgan fingerprint density at radius 2 is 2.04 bits per heavy atom. The van der Waals surface area contributed by atoms with Gasteiger partial charge in [0, 0.05) is 38.8 Å². The number of aryl methyl sites for hydroxylation is 1. The maximum atomic E-state index is 12.5. The fraction of sp³-hybridized carbons (Fsp3) is 0.714. The molecule has 130 valence electrons. The highest BCUT2D eigenvalue weighted by Crippen LogP contribution is 2.22. The van der Waals surface area contributed by atoms with E-state index in [0.717, 1.165) is 6.54 Å². The van der Waals surface area contributed by atoms with Crippen molar-refractivity contribution in [2.45, 2.75) is 32.9 Å². The Bertz CT molecular complexity index is 666. The lowest BCUT2D eigenvalue weighted by atomic mass is 9.96. The van der Waals surface area contributed by atoms with Crippen LogP contribution in [0.4, 0.5) is 0 Å². The lowest BCUT2D eigenvalue weighted by Crippen LogP contribution is -2.43. The molecule has 9 heteroatoms. The second-order valence-corrected chi connectivity index (χ2v) is 8.30. The average molecular weight is 363 g/mol. The predicted octanol–water partition coefficient (Wildman–Crippen LogP) is 1.19. The first-order chi connectivity index (χ1) is 10.7. The Balaban J connectivity index is 1.94. The number of amides is 1. The molecule has 2 rings (SSSR count). The van der Waals surface area contributed by atoms with E-state index in [9.17, 15) is 13.2 Å². The molecule has 1 aliphatic heterocycles. The van der Waals surface area contributed by atoms with Gasteiger partial charge in [-0.3, -0.25) is 9.48 Å². The van der Waals surface area contributed by atoms with E-state index in [1.165, 1.54) is 10.6 Å². The highest BCUT2D eigenvalue weighted by atomic mass is 35.5. The molecule has 1 aliphatic rings. The number of rotatable bonds is 5. The topological polar surface area (TPSA) is 75.5 Å². The van der Waals surface area contributed by atoms with Crippen LogP contribution in [0.25, 0.3) is 0 Å². The smallest absolute Gasteiger partial charge is 0.225 e. The van der Waals surface area contributed by atoms with Gasteiger partial charge in [0.1, 0.15) is 5.69 Å². The zero-order valence-corrected chi connectivity index (χ0v) is 15.3. The second kappa shape index (κ2) is 7.19. The van der Waals surface area contributed by atoms with Gasteiger partial charge >= 0.3 is 0 Å². The summed E-state index contributed by atoms with van der Waals surface area (Å²) in [4.78, 5) is 14.1. The van der Waals surface area contributed by atoms with Crippen molar-refractivity contribution >= 4 is 27.5 Å². The fourth-order valence-corrected chi connectivity index (χ4v) is 3.84. The first-order valence-electron chi connectivity index (χ1n) is 7.64. The van der Waals surface area contributed by atoms with Gasteiger partial charge in [0.15, 0.2) is 0 Å². The molecule has 1 amide bonds. The van der Waals surface area contributed by atoms with Gasteiger partial charge in [-0.2, -0.15) is 5.10 Å². The monoisotopic (exact) mass is 362 g/mol. The summed E-state index contributed by atoms with van der Waals surface area (Å²) in [6.07, 6.45) is 4.05. The molecule has 0 aliphatic carbocycles. The van der Waals surface area contributed by atoms with E-state index < -0.39 is 10.0 Å². The van der Waals surface area contributed by atoms with Crippen molar-refractivity contribution < 1.29 is 13.2 Å². The van der Waals surface area contributed by atoms with E-state index in [4.69, 9.17) is 11.6 Å². The van der Waals surface area contributed by atoms with E-state index in [2.05, 4.69) is 5.10 Å². The van der Waals surface area contributed by atoms with Crippen molar-refractivity contribution in [2.75, 3.05) is 26.4 Å². The number of hydrogen-bond acceptors (Lipinski definition) is 4. The highest BCUT2D eigenvalue weighted by molar-refractivity contribution is 7.88. The Labute approximate surface area is 142 Å². The minimum atomic E-state index is -3.17. The molecule has 0 radical (unpaired) electrons. The predicted molar refractivity (Wildman–Crippen MR) is 88.5 cm³/mol. The first-order valence-corrected chi connectivity index (χ1v) is 9.87. The first kappa shape index (κ1) is 18.2. The van der Waals surface area contributed by atoms with Gasteiger partial charge in [0.05, 0.1) is 17.8 Å². The van der Waals surface area contributed by atoms with E-state index in [1.54, 1.807) is 22.8 Å². The van der Waals surface area contributed by atoms with E-state index in [1.807, 2.05) is 6.92 Å². The largest absolute Gasteiger partial charge is 0.339 e. The van der Waals surface area contributed by atoms with Crippen LogP contribution in [0.15, 0.2) is 6.20 Å². The van der Waals surface area contributed by atoms with Gasteiger partial charge in [0.2, 0.25) is 15.9 Å². The number of carbonyl (C=O) groups excluding carboxylic acids is 1. The minimum absolute atomic E-state index is 0.0141. The Kier molecular flexibility index (Phi) is 5.70. The molecular weight excluding hydrogens is 340 g/mol. The molecule has 23 heavy (non-hydrogen) atoms. The molecule has 7 nitrogen and oxygen atoms in total. The van der Waals surface area contributed by atoms with Crippen molar-refractivity contribution in [1.82, 2.24) is 19.0 Å². The average Bonchev–Trinajstić information content (AvgIpc) is 2.86. The molecule has 1 aromatic heterocycles. The molecule has 0 spiro atoms. The number of nitrogens with zero attached hydrogens (tertiary/aromatic N) is 4. The SMILES string of the molecule is CCn1cc(Cl)c(CN(C)C(=O)C2CCN(S(C)(=O)=O)CC2)n1. The zero-order chi connectivity index (χ0) is 17.2. The number of hydrogen-bond donors (Lipinski definition) is 0. The summed E-state index contributed by atoms with van der Waals surface area (Å²) in [5.74, 6) is -0.134. The molecule has 0 aromatic carbocycles. The van der Waals surface area contributed by atoms with Crippen LogP contribution in [0.3, 0.4) is 0 Å². The number of halogens is 1. The van der Waals surface area contributed by atoms with Gasteiger partial charge in [-0.25, -0.2) is 12.7 Å². The highest BCUT2D eigenvalue weighted by Gasteiger charge is 2.30. The maximum absolute atomic E-state index is 12.5. The molecule has 0 N–H and O–H groups in total. The van der Waals surface area contributed by atoms with Gasteiger partial charge in [-0.1, -0.05) is 11.6 Å². The molecule has 1 saturated heterocycles. The molecule has 2 heterocycles. The number of sulfonamides is 1. The van der Waals surface area contributed by atoms with Crippen LogP contribution in [-0.4, -0.2) is 59.7 Å². The van der Waals surface area contributed by atoms with Crippen molar-refractivity contribution in [3.8, 4) is 0 Å². The minimum Gasteiger partial charge on any atom is -0.339 e. The molecule has 0 bridgehead atoms. The van der Waals surface area contributed by atoms with Crippen LogP contribution >= 0.6 is 11.6 Å². The number of carbonyl (C=O) groups is 1. The summed E-state index contributed by atoms with van der Waals surface area (Å²) in [6.45, 7) is 3.85. The Hall–Kier alpha value is -1.12. The summed E-state index contributed by atoms with van der Waals surface area (Å²) in [7, 11) is -1.44. The van der Waals surface area contributed by atoms with Crippen molar-refractivity contribution in [2.24, 2.45) is 5.92 Å². The number of piperidine rings is 1. The zero-order valence-electron chi connectivity index (χ0n) is 13.7. The quantitative estimate of drug-likeness (QED) is 0.788. The molecule has 1 fully saturated rings. The van der Waals surface area contributed by atoms with Crippen LogP contribution in [0.2, 0.25) is 5.02 Å². The van der Waals surface area contributed by atoms with Crippen LogP contribution in [0.1, 0.15) is 25.5 Å². The third-order valence-corrected chi connectivity index (χ3v) is 5.77. The summed E-state index contributed by atoms with van der Waals surface area (Å²) in [6, 6.07) is 0. The van der Waals surface area contributed by atoms with Crippen molar-refractivity contribution in [3.63, 3.8) is 0 Å². The lowest BCUT2D eigenvalue weighted by Gasteiger charge is -2.31. The molecule has 0 atom stereocenters. The van der Waals surface area contributed by atoms with Gasteiger partial charge in [0.25, 0.3) is 0 Å².